The van der Waals surface area contributed by atoms with E-state index in [1.54, 1.807) is 12.1 Å². The maximum Gasteiger partial charge on any atom is 0.294 e. The number of benzene rings is 1. The number of aromatic nitrogens is 3. The maximum atomic E-state index is 12.8. The fourth-order valence-corrected chi connectivity index (χ4v) is 4.15. The number of amides is 1. The van der Waals surface area contributed by atoms with Gasteiger partial charge in [0.1, 0.15) is 18.1 Å². The molecule has 2 aromatic heterocycles. The largest absolute Gasteiger partial charge is 0.501 e. The van der Waals surface area contributed by atoms with Crippen molar-refractivity contribution in [2.24, 2.45) is 5.92 Å². The molecule has 1 aliphatic rings. The molecule has 3 N–H and O–H groups in total. The van der Waals surface area contributed by atoms with Gasteiger partial charge in [0, 0.05) is 18.3 Å². The summed E-state index contributed by atoms with van der Waals surface area (Å²) < 4.78 is 5.82. The highest BCUT2D eigenvalue weighted by Crippen LogP contribution is 2.27. The van der Waals surface area contributed by atoms with E-state index in [2.05, 4.69) is 20.3 Å². The van der Waals surface area contributed by atoms with Crippen LogP contribution in [-0.4, -0.2) is 32.0 Å². The molecule has 0 radical (unpaired) electrons. The number of rotatable bonds is 7. The minimum absolute atomic E-state index is 0.0745. The van der Waals surface area contributed by atoms with E-state index in [0.717, 1.165) is 31.2 Å². The third-order valence-electron chi connectivity index (χ3n) is 6.05. The first-order valence-corrected chi connectivity index (χ1v) is 11.3. The molecule has 0 bridgehead atoms. The molecule has 1 saturated carbocycles. The fraction of sp³-hybridized carbons (Fsp3) is 0.360. The Morgan fingerprint density at radius 1 is 1.21 bits per heavy atom. The van der Waals surface area contributed by atoms with Crippen LogP contribution in [0.3, 0.4) is 0 Å². The number of carbonyl (C=O) groups is 1. The molecule has 0 spiro atoms. The van der Waals surface area contributed by atoms with E-state index in [9.17, 15) is 14.7 Å². The van der Waals surface area contributed by atoms with Gasteiger partial charge < -0.3 is 20.1 Å². The van der Waals surface area contributed by atoms with Crippen LogP contribution in [0.5, 0.6) is 11.5 Å². The predicted molar refractivity (Wildman–Crippen MR) is 124 cm³/mol. The first-order valence-electron chi connectivity index (χ1n) is 11.3. The minimum atomic E-state index is -0.798. The van der Waals surface area contributed by atoms with E-state index in [1.165, 1.54) is 12.6 Å². The molecule has 172 valence electrons. The van der Waals surface area contributed by atoms with Gasteiger partial charge >= 0.3 is 0 Å². The van der Waals surface area contributed by atoms with Crippen molar-refractivity contribution in [1.29, 1.82) is 0 Å². The number of nitrogens with one attached hydrogen (secondary N) is 2. The van der Waals surface area contributed by atoms with Gasteiger partial charge in [-0.05, 0) is 37.3 Å². The molecule has 1 atom stereocenters. The summed E-state index contributed by atoms with van der Waals surface area (Å²) in [4.78, 5) is 36.1. The van der Waals surface area contributed by atoms with Gasteiger partial charge in [-0.1, -0.05) is 49.6 Å². The monoisotopic (exact) mass is 448 g/mol. The summed E-state index contributed by atoms with van der Waals surface area (Å²) in [5, 5.41) is 13.1. The average Bonchev–Trinajstić information content (AvgIpc) is 2.85. The van der Waals surface area contributed by atoms with Gasteiger partial charge in [-0.15, -0.1) is 0 Å². The molecule has 1 unspecified atom stereocenters. The molecule has 2 heterocycles. The molecule has 1 fully saturated rings. The van der Waals surface area contributed by atoms with E-state index in [4.69, 9.17) is 4.74 Å². The van der Waals surface area contributed by atoms with Crippen LogP contribution in [0.25, 0.3) is 11.5 Å². The molecule has 3 aromatic rings. The number of carbonyl (C=O) groups excluding carboxylic acids is 1. The summed E-state index contributed by atoms with van der Waals surface area (Å²) in [6.07, 6.45) is 7.17. The van der Waals surface area contributed by atoms with E-state index < -0.39 is 17.2 Å². The van der Waals surface area contributed by atoms with Crippen LogP contribution in [0, 0.1) is 5.92 Å². The number of hydrogen-bond acceptors (Lipinski definition) is 6. The van der Waals surface area contributed by atoms with Crippen molar-refractivity contribution in [3.8, 4) is 23.0 Å². The average molecular weight is 449 g/mol. The summed E-state index contributed by atoms with van der Waals surface area (Å²) in [5.41, 5.74) is 0.229. The molecular formula is C25H28N4O4. The Hall–Kier alpha value is -3.68. The lowest BCUT2D eigenvalue weighted by molar-refractivity contribution is 0.0911. The summed E-state index contributed by atoms with van der Waals surface area (Å²) in [6.45, 7) is 2.32. The molecule has 33 heavy (non-hydrogen) atoms. The number of nitrogens with zero attached hydrogens (tertiary/aromatic N) is 2. The van der Waals surface area contributed by atoms with Gasteiger partial charge in [-0.3, -0.25) is 14.6 Å². The molecule has 4 rings (SSSR count). The van der Waals surface area contributed by atoms with Crippen LogP contribution in [-0.2, 0) is 6.61 Å². The molecule has 1 aliphatic carbocycles. The zero-order chi connectivity index (χ0) is 23.2. The summed E-state index contributed by atoms with van der Waals surface area (Å²) in [5.74, 6) is -0.278. The molecule has 0 saturated heterocycles. The lowest BCUT2D eigenvalue weighted by Crippen LogP contribution is -2.39. The Balaban J connectivity index is 1.53. The number of H-pyrrole nitrogens is 1. The van der Waals surface area contributed by atoms with Crippen molar-refractivity contribution in [1.82, 2.24) is 20.3 Å². The van der Waals surface area contributed by atoms with Crippen molar-refractivity contribution >= 4 is 5.91 Å². The van der Waals surface area contributed by atoms with Gasteiger partial charge in [0.05, 0.1) is 0 Å². The maximum absolute atomic E-state index is 12.8. The van der Waals surface area contributed by atoms with Gasteiger partial charge in [0.2, 0.25) is 5.75 Å². The van der Waals surface area contributed by atoms with Crippen LogP contribution in [0.15, 0.2) is 53.5 Å². The van der Waals surface area contributed by atoms with Gasteiger partial charge in [0.25, 0.3) is 11.5 Å². The Morgan fingerprint density at radius 2 is 1.97 bits per heavy atom. The van der Waals surface area contributed by atoms with Gasteiger partial charge in [0.15, 0.2) is 11.5 Å². The Bertz CT molecular complexity index is 1160. The van der Waals surface area contributed by atoms with E-state index >= 15 is 0 Å². The number of pyridine rings is 1. The highest BCUT2D eigenvalue weighted by molar-refractivity contribution is 5.95. The normalized spacial score (nSPS) is 15.1. The standard InChI is InChI=1S/C25H28N4O4/c1-16(18-10-6-3-7-11-18)27-24(31)21-22(30)25(32)29-23(28-21)20-14-19(12-13-26-20)33-15-17-8-4-2-5-9-17/h2,4-5,8-9,12-14,16,18,30H,3,6-7,10-11,15H2,1H3,(H,27,31)(H,28,29,32). The topological polar surface area (TPSA) is 117 Å². The second-order valence-corrected chi connectivity index (χ2v) is 8.42. The summed E-state index contributed by atoms with van der Waals surface area (Å²) in [7, 11) is 0. The van der Waals surface area contributed by atoms with Crippen molar-refractivity contribution in [2.75, 3.05) is 0 Å². The Labute approximate surface area is 192 Å². The molecule has 1 aromatic carbocycles. The van der Waals surface area contributed by atoms with E-state index in [1.807, 2.05) is 37.3 Å². The quantitative estimate of drug-likeness (QED) is 0.506. The molecular weight excluding hydrogens is 420 g/mol. The third kappa shape index (κ3) is 5.58. The van der Waals surface area contributed by atoms with Crippen LogP contribution in [0.2, 0.25) is 0 Å². The third-order valence-corrected chi connectivity index (χ3v) is 6.05. The molecule has 8 heteroatoms. The van der Waals surface area contributed by atoms with Crippen LogP contribution >= 0.6 is 0 Å². The number of ether oxygens (including phenoxy) is 1. The number of hydrogen-bond donors (Lipinski definition) is 3. The fourth-order valence-electron chi connectivity index (χ4n) is 4.15. The van der Waals surface area contributed by atoms with Crippen molar-refractivity contribution in [3.05, 3.63) is 70.3 Å². The Morgan fingerprint density at radius 3 is 2.73 bits per heavy atom. The highest BCUT2D eigenvalue weighted by Gasteiger charge is 2.25. The second-order valence-electron chi connectivity index (χ2n) is 8.42. The lowest BCUT2D eigenvalue weighted by atomic mass is 9.84. The lowest BCUT2D eigenvalue weighted by Gasteiger charge is -2.28. The minimum Gasteiger partial charge on any atom is -0.501 e. The van der Waals surface area contributed by atoms with Crippen molar-refractivity contribution in [2.45, 2.75) is 51.7 Å². The number of aromatic hydroxyl groups is 1. The highest BCUT2D eigenvalue weighted by atomic mass is 16.5. The second kappa shape index (κ2) is 10.3. The first kappa shape index (κ1) is 22.5. The smallest absolute Gasteiger partial charge is 0.294 e. The molecule has 1 amide bonds. The van der Waals surface area contributed by atoms with Crippen LogP contribution < -0.4 is 15.6 Å². The van der Waals surface area contributed by atoms with Gasteiger partial charge in [-0.25, -0.2) is 4.98 Å². The summed E-state index contributed by atoms with van der Waals surface area (Å²) in [6, 6.07) is 13.0. The zero-order valence-electron chi connectivity index (χ0n) is 18.6. The SMILES string of the molecule is CC(NC(=O)c1nc(-c2cc(OCc3ccccc3)ccn2)[nH]c(=O)c1O)C1CCCCC1. The van der Waals surface area contributed by atoms with Crippen LogP contribution in [0.1, 0.15) is 55.1 Å². The Kier molecular flexibility index (Phi) is 7.02. The molecule has 0 aliphatic heterocycles. The predicted octanol–water partition coefficient (Wildman–Crippen LogP) is 3.82. The zero-order valence-corrected chi connectivity index (χ0v) is 18.6. The van der Waals surface area contributed by atoms with Crippen molar-refractivity contribution < 1.29 is 14.6 Å². The van der Waals surface area contributed by atoms with E-state index in [0.29, 0.717) is 24.0 Å². The first-order chi connectivity index (χ1) is 16.0. The summed E-state index contributed by atoms with van der Waals surface area (Å²) >= 11 is 0. The van der Waals surface area contributed by atoms with Gasteiger partial charge in [-0.2, -0.15) is 0 Å². The van der Waals surface area contributed by atoms with E-state index in [-0.39, 0.29) is 17.6 Å². The van der Waals surface area contributed by atoms with Crippen molar-refractivity contribution in [3.63, 3.8) is 0 Å². The van der Waals surface area contributed by atoms with Crippen LogP contribution in [0.4, 0.5) is 0 Å². The number of aromatic amines is 1. The molecule has 8 nitrogen and oxygen atoms in total.